The number of amides is 1. The molecule has 0 bridgehead atoms. The molecule has 1 aliphatic rings. The molecular weight excluding hydrogens is 492 g/mol. The van der Waals surface area contributed by atoms with Crippen LogP contribution in [0.2, 0.25) is 5.02 Å². The molecule has 3 aromatic heterocycles. The monoisotopic (exact) mass is 514 g/mol. The fraction of sp³-hybridized carbons (Fsp3) is 0.179. The fourth-order valence-electron chi connectivity index (χ4n) is 4.56. The Morgan fingerprint density at radius 3 is 2.81 bits per heavy atom. The standard InChI is InChI=1S/C28H23ClN4O2S/c1-16-8-11-23-21(13-16)24(20-6-4-12-30-27(20)34)26(28(35)32-36-18-9-10-18)33(23)15-17-14-31-22-7-3-2-5-19(22)25(17)29/h2-8,11-14,18H,9-10,15H2,1H3,(H,30,34)(H,32,35). The van der Waals surface area contributed by atoms with Crippen LogP contribution in [-0.4, -0.2) is 25.7 Å². The van der Waals surface area contributed by atoms with Crippen LogP contribution in [0.5, 0.6) is 0 Å². The lowest BCUT2D eigenvalue weighted by Crippen LogP contribution is -2.23. The summed E-state index contributed by atoms with van der Waals surface area (Å²) in [6.45, 7) is 2.33. The number of benzene rings is 2. The first-order valence-electron chi connectivity index (χ1n) is 11.8. The summed E-state index contributed by atoms with van der Waals surface area (Å²) in [5.41, 5.74) is 4.77. The number of carbonyl (C=O) groups excluding carboxylic acids is 1. The van der Waals surface area contributed by atoms with Crippen molar-refractivity contribution >= 4 is 51.3 Å². The minimum Gasteiger partial charge on any atom is -0.331 e. The zero-order chi connectivity index (χ0) is 24.8. The summed E-state index contributed by atoms with van der Waals surface area (Å²) in [7, 11) is 0. The Balaban J connectivity index is 1.60. The minimum absolute atomic E-state index is 0.233. The van der Waals surface area contributed by atoms with Crippen molar-refractivity contribution in [1.29, 1.82) is 0 Å². The lowest BCUT2D eigenvalue weighted by atomic mass is 10.0. The molecule has 1 saturated carbocycles. The Bertz CT molecular complexity index is 1700. The molecule has 0 atom stereocenters. The molecule has 0 spiro atoms. The molecule has 2 N–H and O–H groups in total. The van der Waals surface area contributed by atoms with Crippen molar-refractivity contribution in [1.82, 2.24) is 19.3 Å². The van der Waals surface area contributed by atoms with E-state index in [4.69, 9.17) is 11.6 Å². The van der Waals surface area contributed by atoms with Gasteiger partial charge in [-0.25, -0.2) is 0 Å². The van der Waals surface area contributed by atoms with Crippen LogP contribution < -0.4 is 10.3 Å². The molecule has 8 heteroatoms. The molecule has 0 aliphatic heterocycles. The number of nitrogens with zero attached hydrogens (tertiary/aromatic N) is 2. The van der Waals surface area contributed by atoms with Crippen molar-refractivity contribution in [2.24, 2.45) is 0 Å². The van der Waals surface area contributed by atoms with Crippen LogP contribution in [0, 0.1) is 6.92 Å². The normalized spacial score (nSPS) is 13.4. The molecule has 1 aliphatic carbocycles. The minimum atomic E-state index is -0.243. The number of aryl methyl sites for hydroxylation is 1. The van der Waals surface area contributed by atoms with Gasteiger partial charge in [0.25, 0.3) is 11.5 Å². The number of rotatable bonds is 6. The van der Waals surface area contributed by atoms with Gasteiger partial charge in [-0.1, -0.05) is 41.4 Å². The maximum absolute atomic E-state index is 13.7. The lowest BCUT2D eigenvalue weighted by Gasteiger charge is -2.14. The van der Waals surface area contributed by atoms with Gasteiger partial charge < -0.3 is 9.55 Å². The molecule has 1 fully saturated rings. The molecule has 1 amide bonds. The highest BCUT2D eigenvalue weighted by atomic mass is 35.5. The van der Waals surface area contributed by atoms with Gasteiger partial charge in [0, 0.05) is 50.6 Å². The van der Waals surface area contributed by atoms with Gasteiger partial charge in [0.2, 0.25) is 0 Å². The van der Waals surface area contributed by atoms with Crippen molar-refractivity contribution in [2.75, 3.05) is 0 Å². The summed E-state index contributed by atoms with van der Waals surface area (Å²) in [6.07, 6.45) is 5.55. The van der Waals surface area contributed by atoms with E-state index >= 15 is 0 Å². The van der Waals surface area contributed by atoms with E-state index in [0.717, 1.165) is 45.8 Å². The van der Waals surface area contributed by atoms with Crippen LogP contribution in [0.15, 0.2) is 71.8 Å². The van der Waals surface area contributed by atoms with Crippen molar-refractivity contribution < 1.29 is 4.79 Å². The first-order chi connectivity index (χ1) is 17.5. The second-order valence-electron chi connectivity index (χ2n) is 9.11. The number of para-hydroxylation sites is 1. The predicted molar refractivity (Wildman–Crippen MR) is 147 cm³/mol. The highest BCUT2D eigenvalue weighted by Gasteiger charge is 2.29. The fourth-order valence-corrected chi connectivity index (χ4v) is 5.57. The largest absolute Gasteiger partial charge is 0.331 e. The van der Waals surface area contributed by atoms with E-state index in [0.29, 0.717) is 33.6 Å². The van der Waals surface area contributed by atoms with Gasteiger partial charge in [-0.05, 0) is 62.0 Å². The summed E-state index contributed by atoms with van der Waals surface area (Å²) in [5, 5.41) is 2.75. The molecule has 0 radical (unpaired) electrons. The van der Waals surface area contributed by atoms with Crippen molar-refractivity contribution in [3.63, 3.8) is 0 Å². The molecular formula is C28H23ClN4O2S. The van der Waals surface area contributed by atoms with Gasteiger partial charge >= 0.3 is 0 Å². The van der Waals surface area contributed by atoms with E-state index in [2.05, 4.69) is 14.7 Å². The van der Waals surface area contributed by atoms with Crippen molar-refractivity contribution in [2.45, 2.75) is 31.6 Å². The van der Waals surface area contributed by atoms with Crippen LogP contribution in [-0.2, 0) is 6.54 Å². The van der Waals surface area contributed by atoms with Gasteiger partial charge in [-0.2, -0.15) is 0 Å². The molecule has 36 heavy (non-hydrogen) atoms. The van der Waals surface area contributed by atoms with Crippen LogP contribution in [0.25, 0.3) is 32.9 Å². The first kappa shape index (κ1) is 22.9. The Kier molecular flexibility index (Phi) is 5.82. The first-order valence-corrected chi connectivity index (χ1v) is 13.1. The summed E-state index contributed by atoms with van der Waals surface area (Å²) in [5.74, 6) is -0.233. The van der Waals surface area contributed by atoms with E-state index < -0.39 is 0 Å². The summed E-state index contributed by atoms with van der Waals surface area (Å²) in [4.78, 5) is 34.0. The van der Waals surface area contributed by atoms with Crippen LogP contribution in [0.1, 0.15) is 34.5 Å². The molecule has 180 valence electrons. The summed E-state index contributed by atoms with van der Waals surface area (Å²) in [6, 6.07) is 17.3. The number of nitrogens with one attached hydrogen (secondary N) is 2. The molecule has 5 aromatic rings. The average molecular weight is 515 g/mol. The molecule has 0 saturated heterocycles. The third-order valence-electron chi connectivity index (χ3n) is 6.47. The third kappa shape index (κ3) is 4.08. The Hall–Kier alpha value is -3.55. The van der Waals surface area contributed by atoms with Crippen LogP contribution in [0.4, 0.5) is 0 Å². The molecule has 3 heterocycles. The van der Waals surface area contributed by atoms with Crippen molar-refractivity contribution in [3.8, 4) is 11.1 Å². The maximum atomic E-state index is 13.7. The SMILES string of the molecule is Cc1ccc2c(c1)c(-c1ccc[nH]c1=O)c(C(=O)NSC1CC1)n2Cc1cnc2ccccc2c1Cl. The summed E-state index contributed by atoms with van der Waals surface area (Å²) >= 11 is 8.30. The number of fused-ring (bicyclic) bond motifs is 2. The van der Waals surface area contributed by atoms with E-state index in [1.165, 1.54) is 11.9 Å². The number of pyridine rings is 2. The van der Waals surface area contributed by atoms with Gasteiger partial charge in [0.1, 0.15) is 5.69 Å². The van der Waals surface area contributed by atoms with Crippen LogP contribution >= 0.6 is 23.5 Å². The molecule has 0 unspecified atom stereocenters. The van der Waals surface area contributed by atoms with Gasteiger partial charge in [-0.15, -0.1) is 0 Å². The van der Waals surface area contributed by atoms with Gasteiger partial charge in [0.15, 0.2) is 0 Å². The smallest absolute Gasteiger partial charge is 0.278 e. The quantitative estimate of drug-likeness (QED) is 0.268. The number of aromatic amines is 1. The van der Waals surface area contributed by atoms with Gasteiger partial charge in [-0.3, -0.25) is 19.3 Å². The van der Waals surface area contributed by atoms with Crippen LogP contribution in [0.3, 0.4) is 0 Å². The van der Waals surface area contributed by atoms with E-state index in [1.54, 1.807) is 24.5 Å². The van der Waals surface area contributed by atoms with Crippen molar-refractivity contribution in [3.05, 3.63) is 99.2 Å². The van der Waals surface area contributed by atoms with E-state index in [-0.39, 0.29) is 11.5 Å². The second-order valence-corrected chi connectivity index (χ2v) is 10.6. The Labute approximate surface area is 216 Å². The number of halogens is 1. The molecule has 6 nitrogen and oxygen atoms in total. The highest BCUT2D eigenvalue weighted by molar-refractivity contribution is 7.98. The van der Waals surface area contributed by atoms with E-state index in [1.807, 2.05) is 54.0 Å². The van der Waals surface area contributed by atoms with E-state index in [9.17, 15) is 9.59 Å². The average Bonchev–Trinajstić information content (AvgIpc) is 3.67. The number of H-pyrrole nitrogens is 1. The predicted octanol–water partition coefficient (Wildman–Crippen LogP) is 6.10. The Morgan fingerprint density at radius 1 is 1.17 bits per heavy atom. The number of aromatic nitrogens is 3. The molecule has 6 rings (SSSR count). The highest BCUT2D eigenvalue weighted by Crippen LogP contribution is 2.37. The topological polar surface area (TPSA) is 79.8 Å². The zero-order valence-electron chi connectivity index (χ0n) is 19.5. The summed E-state index contributed by atoms with van der Waals surface area (Å²) < 4.78 is 4.99. The maximum Gasteiger partial charge on any atom is 0.278 e. The zero-order valence-corrected chi connectivity index (χ0v) is 21.1. The number of hydrogen-bond acceptors (Lipinski definition) is 4. The number of carbonyl (C=O) groups is 1. The second kappa shape index (κ2) is 9.15. The lowest BCUT2D eigenvalue weighted by molar-refractivity contribution is 0.0977. The Morgan fingerprint density at radius 2 is 2.00 bits per heavy atom. The molecule has 2 aromatic carbocycles. The third-order valence-corrected chi connectivity index (χ3v) is 8.03. The number of hydrogen-bond donors (Lipinski definition) is 2. The van der Waals surface area contributed by atoms with Gasteiger partial charge in [0.05, 0.1) is 17.1 Å².